The molecular formula is C20H25NS. The first-order valence-corrected chi connectivity index (χ1v) is 9.25. The van der Waals surface area contributed by atoms with Crippen LogP contribution in [-0.4, -0.2) is 5.25 Å². The van der Waals surface area contributed by atoms with Crippen molar-refractivity contribution in [2.24, 2.45) is 5.73 Å². The molecule has 0 aromatic heterocycles. The maximum absolute atomic E-state index is 6.91. The van der Waals surface area contributed by atoms with Crippen LogP contribution in [0.15, 0.2) is 54.6 Å². The third-order valence-electron chi connectivity index (χ3n) is 4.89. The molecule has 116 valence electrons. The van der Waals surface area contributed by atoms with Gasteiger partial charge in [0.05, 0.1) is 5.54 Å². The third kappa shape index (κ3) is 3.23. The molecule has 0 saturated heterocycles. The number of hydrogen-bond acceptors (Lipinski definition) is 2. The second kappa shape index (κ2) is 6.89. The fourth-order valence-electron chi connectivity index (χ4n) is 3.44. The van der Waals surface area contributed by atoms with Crippen LogP contribution in [0.25, 0.3) is 0 Å². The minimum Gasteiger partial charge on any atom is -0.320 e. The molecule has 0 amide bonds. The molecule has 2 atom stereocenters. The smallest absolute Gasteiger partial charge is 0.0530 e. The Labute approximate surface area is 138 Å². The van der Waals surface area contributed by atoms with Crippen molar-refractivity contribution in [1.29, 1.82) is 0 Å². The van der Waals surface area contributed by atoms with Gasteiger partial charge < -0.3 is 5.73 Å². The van der Waals surface area contributed by atoms with Gasteiger partial charge in [0, 0.05) is 11.0 Å². The Kier molecular flexibility index (Phi) is 4.90. The predicted molar refractivity (Wildman–Crippen MR) is 97.0 cm³/mol. The van der Waals surface area contributed by atoms with Crippen LogP contribution < -0.4 is 5.73 Å². The van der Waals surface area contributed by atoms with Crippen molar-refractivity contribution in [3.8, 4) is 0 Å². The van der Waals surface area contributed by atoms with Gasteiger partial charge in [-0.25, -0.2) is 0 Å². The van der Waals surface area contributed by atoms with E-state index in [9.17, 15) is 0 Å². The van der Waals surface area contributed by atoms with Crippen LogP contribution in [-0.2, 0) is 11.3 Å². The topological polar surface area (TPSA) is 26.0 Å². The summed E-state index contributed by atoms with van der Waals surface area (Å²) in [5, 5.41) is 0.503. The number of hydrogen-bond donors (Lipinski definition) is 1. The highest BCUT2D eigenvalue weighted by Crippen LogP contribution is 2.42. The number of benzene rings is 2. The van der Waals surface area contributed by atoms with Gasteiger partial charge in [0.2, 0.25) is 0 Å². The highest BCUT2D eigenvalue weighted by molar-refractivity contribution is 7.99. The number of nitrogens with two attached hydrogens (primary N) is 1. The van der Waals surface area contributed by atoms with Gasteiger partial charge in [-0.2, -0.15) is 11.8 Å². The Morgan fingerprint density at radius 2 is 1.77 bits per heavy atom. The summed E-state index contributed by atoms with van der Waals surface area (Å²) in [6.45, 7) is 2.20. The van der Waals surface area contributed by atoms with Crippen LogP contribution in [0.4, 0.5) is 0 Å². The molecule has 3 rings (SSSR count). The second-order valence-electron chi connectivity index (χ2n) is 6.38. The van der Waals surface area contributed by atoms with Gasteiger partial charge in [0.1, 0.15) is 0 Å². The highest BCUT2D eigenvalue weighted by atomic mass is 32.2. The Balaban J connectivity index is 1.77. The second-order valence-corrected chi connectivity index (χ2v) is 7.57. The first-order chi connectivity index (χ1) is 10.7. The van der Waals surface area contributed by atoms with Gasteiger partial charge in [0.25, 0.3) is 0 Å². The molecular weight excluding hydrogens is 286 g/mol. The largest absolute Gasteiger partial charge is 0.320 e. The van der Waals surface area contributed by atoms with E-state index in [0.29, 0.717) is 5.25 Å². The molecule has 2 aromatic rings. The van der Waals surface area contributed by atoms with E-state index in [4.69, 9.17) is 5.73 Å². The molecule has 1 fully saturated rings. The zero-order valence-electron chi connectivity index (χ0n) is 13.3. The molecule has 2 unspecified atom stereocenters. The molecule has 0 spiro atoms. The number of aryl methyl sites for hydroxylation is 1. The van der Waals surface area contributed by atoms with E-state index in [1.807, 2.05) is 11.8 Å². The zero-order chi connectivity index (χ0) is 15.4. The summed E-state index contributed by atoms with van der Waals surface area (Å²) in [5.74, 6) is 1.06. The SMILES string of the molecule is Cc1ccccc1CSC1CCCCC1(N)c1ccccc1. The van der Waals surface area contributed by atoms with Crippen LogP contribution in [0.5, 0.6) is 0 Å². The van der Waals surface area contributed by atoms with Crippen molar-refractivity contribution < 1.29 is 0 Å². The van der Waals surface area contributed by atoms with E-state index in [1.165, 1.54) is 36.0 Å². The van der Waals surface area contributed by atoms with E-state index < -0.39 is 0 Å². The van der Waals surface area contributed by atoms with E-state index in [0.717, 1.165) is 12.2 Å². The molecule has 1 aliphatic carbocycles. The number of rotatable bonds is 4. The molecule has 2 N–H and O–H groups in total. The first-order valence-electron chi connectivity index (χ1n) is 8.21. The summed E-state index contributed by atoms with van der Waals surface area (Å²) >= 11 is 2.04. The van der Waals surface area contributed by atoms with Crippen molar-refractivity contribution in [2.75, 3.05) is 0 Å². The van der Waals surface area contributed by atoms with E-state index in [1.54, 1.807) is 0 Å². The van der Waals surface area contributed by atoms with E-state index >= 15 is 0 Å². The van der Waals surface area contributed by atoms with E-state index in [-0.39, 0.29) is 5.54 Å². The molecule has 0 radical (unpaired) electrons. The summed E-state index contributed by atoms with van der Waals surface area (Å²) in [7, 11) is 0. The van der Waals surface area contributed by atoms with Crippen molar-refractivity contribution in [2.45, 2.75) is 49.1 Å². The lowest BCUT2D eigenvalue weighted by molar-refractivity contribution is 0.314. The van der Waals surface area contributed by atoms with Gasteiger partial charge in [-0.05, 0) is 36.5 Å². The summed E-state index contributed by atoms with van der Waals surface area (Å²) in [4.78, 5) is 0. The normalized spacial score (nSPS) is 25.1. The summed E-state index contributed by atoms with van der Waals surface area (Å²) < 4.78 is 0. The lowest BCUT2D eigenvalue weighted by Gasteiger charge is -2.41. The quantitative estimate of drug-likeness (QED) is 0.857. The van der Waals surface area contributed by atoms with Gasteiger partial charge in [-0.3, -0.25) is 0 Å². The lowest BCUT2D eigenvalue weighted by atomic mass is 9.77. The van der Waals surface area contributed by atoms with Gasteiger partial charge in [-0.1, -0.05) is 67.4 Å². The molecule has 1 aliphatic rings. The van der Waals surface area contributed by atoms with Crippen molar-refractivity contribution in [3.05, 3.63) is 71.3 Å². The summed E-state index contributed by atoms with van der Waals surface area (Å²) in [6.07, 6.45) is 4.87. The molecule has 2 heteroatoms. The highest BCUT2D eigenvalue weighted by Gasteiger charge is 2.38. The van der Waals surface area contributed by atoms with Crippen LogP contribution in [0.2, 0.25) is 0 Å². The fraction of sp³-hybridized carbons (Fsp3) is 0.400. The maximum Gasteiger partial charge on any atom is 0.0530 e. The minimum absolute atomic E-state index is 0.174. The average molecular weight is 311 g/mol. The van der Waals surface area contributed by atoms with Crippen molar-refractivity contribution in [3.63, 3.8) is 0 Å². The third-order valence-corrected chi connectivity index (χ3v) is 6.43. The van der Waals surface area contributed by atoms with Crippen LogP contribution in [0.1, 0.15) is 42.4 Å². The minimum atomic E-state index is -0.174. The standard InChI is InChI=1S/C20H25NS/c1-16-9-5-6-10-17(16)15-22-19-13-7-8-14-20(19,21)18-11-3-2-4-12-18/h2-6,9-12,19H,7-8,13-15,21H2,1H3. The van der Waals surface area contributed by atoms with Gasteiger partial charge in [0.15, 0.2) is 0 Å². The Hall–Kier alpha value is -1.25. The maximum atomic E-state index is 6.91. The van der Waals surface area contributed by atoms with Crippen LogP contribution in [0.3, 0.4) is 0 Å². The van der Waals surface area contributed by atoms with Crippen molar-refractivity contribution in [1.82, 2.24) is 0 Å². The fourth-order valence-corrected chi connectivity index (χ4v) is 5.03. The van der Waals surface area contributed by atoms with Crippen molar-refractivity contribution >= 4 is 11.8 Å². The molecule has 0 bridgehead atoms. The summed E-state index contributed by atoms with van der Waals surface area (Å²) in [5.41, 5.74) is 10.9. The van der Waals surface area contributed by atoms with Crippen LogP contribution in [0, 0.1) is 6.92 Å². The number of thioether (sulfide) groups is 1. The predicted octanol–water partition coefficient (Wildman–Crippen LogP) is 5.03. The van der Waals surface area contributed by atoms with Crippen LogP contribution >= 0.6 is 11.8 Å². The molecule has 0 heterocycles. The molecule has 22 heavy (non-hydrogen) atoms. The van der Waals surface area contributed by atoms with Gasteiger partial charge in [-0.15, -0.1) is 0 Å². The Morgan fingerprint density at radius 3 is 2.55 bits per heavy atom. The Morgan fingerprint density at radius 1 is 1.05 bits per heavy atom. The first kappa shape index (κ1) is 15.6. The van der Waals surface area contributed by atoms with Gasteiger partial charge >= 0.3 is 0 Å². The lowest BCUT2D eigenvalue weighted by Crippen LogP contribution is -2.48. The molecule has 1 nitrogen and oxygen atoms in total. The average Bonchev–Trinajstić information content (AvgIpc) is 2.56. The molecule has 2 aromatic carbocycles. The zero-order valence-corrected chi connectivity index (χ0v) is 14.1. The Bertz CT molecular complexity index is 610. The van der Waals surface area contributed by atoms with E-state index in [2.05, 4.69) is 61.5 Å². The molecule has 0 aliphatic heterocycles. The molecule has 1 saturated carbocycles. The summed E-state index contributed by atoms with van der Waals surface area (Å²) in [6, 6.07) is 19.4. The monoisotopic (exact) mass is 311 g/mol.